The predicted octanol–water partition coefficient (Wildman–Crippen LogP) is 4.04. The van der Waals surface area contributed by atoms with Crippen molar-refractivity contribution in [2.75, 3.05) is 0 Å². The van der Waals surface area contributed by atoms with Crippen LogP contribution >= 0.6 is 0 Å². The molecule has 98 valence electrons. The van der Waals surface area contributed by atoms with E-state index >= 15 is 0 Å². The zero-order chi connectivity index (χ0) is 13.5. The van der Waals surface area contributed by atoms with Gasteiger partial charge in [0.2, 0.25) is 0 Å². The average molecular weight is 264 g/mol. The number of benzene rings is 1. The summed E-state index contributed by atoms with van der Waals surface area (Å²) in [5.41, 5.74) is 0.644. The summed E-state index contributed by atoms with van der Waals surface area (Å²) < 4.78 is 38.0. The van der Waals surface area contributed by atoms with Crippen LogP contribution < -0.4 is 0 Å². The minimum atomic E-state index is -4.34. The van der Waals surface area contributed by atoms with E-state index in [4.69, 9.17) is 0 Å². The van der Waals surface area contributed by atoms with Gasteiger partial charge in [-0.3, -0.25) is 0 Å². The number of alkyl halides is 3. The first-order valence-electron chi connectivity index (χ1n) is 6.04. The van der Waals surface area contributed by atoms with Gasteiger partial charge in [-0.25, -0.2) is 9.97 Å². The fourth-order valence-corrected chi connectivity index (χ4v) is 1.95. The average Bonchev–Trinajstić information content (AvgIpc) is 3.22. The summed E-state index contributed by atoms with van der Waals surface area (Å²) in [6.07, 6.45) is -0.543. The molecule has 0 saturated heterocycles. The van der Waals surface area contributed by atoms with Gasteiger partial charge in [-0.2, -0.15) is 13.2 Å². The highest BCUT2D eigenvalue weighted by Gasteiger charge is 2.31. The molecule has 2 nitrogen and oxygen atoms in total. The van der Waals surface area contributed by atoms with Crippen molar-refractivity contribution in [2.45, 2.75) is 24.9 Å². The van der Waals surface area contributed by atoms with Crippen molar-refractivity contribution >= 4 is 0 Å². The molecule has 1 fully saturated rings. The van der Waals surface area contributed by atoms with Gasteiger partial charge in [-0.1, -0.05) is 12.1 Å². The van der Waals surface area contributed by atoms with Crippen LogP contribution in [0.4, 0.5) is 13.2 Å². The lowest BCUT2D eigenvalue weighted by Crippen LogP contribution is -2.05. The second kappa shape index (κ2) is 4.33. The molecule has 0 aliphatic heterocycles. The van der Waals surface area contributed by atoms with Gasteiger partial charge in [0.1, 0.15) is 0 Å². The predicted molar refractivity (Wildman–Crippen MR) is 64.4 cm³/mol. The molecular formula is C14H11F3N2. The molecule has 0 N–H and O–H groups in total. The lowest BCUT2D eigenvalue weighted by Gasteiger charge is -2.08. The van der Waals surface area contributed by atoms with Crippen molar-refractivity contribution in [1.82, 2.24) is 9.97 Å². The largest absolute Gasteiger partial charge is 0.416 e. The fraction of sp³-hybridized carbons (Fsp3) is 0.286. The van der Waals surface area contributed by atoms with Crippen LogP contribution in [0, 0.1) is 0 Å². The van der Waals surface area contributed by atoms with E-state index < -0.39 is 11.7 Å². The van der Waals surface area contributed by atoms with Crippen LogP contribution in [0.1, 0.15) is 30.0 Å². The first-order chi connectivity index (χ1) is 9.04. The van der Waals surface area contributed by atoms with Crippen molar-refractivity contribution in [2.24, 2.45) is 0 Å². The van der Waals surface area contributed by atoms with E-state index in [9.17, 15) is 13.2 Å². The molecule has 1 aromatic heterocycles. The van der Waals surface area contributed by atoms with Gasteiger partial charge in [0.25, 0.3) is 0 Å². The minimum absolute atomic E-state index is 0.357. The first-order valence-corrected chi connectivity index (χ1v) is 6.04. The Morgan fingerprint density at radius 3 is 2.58 bits per heavy atom. The highest BCUT2D eigenvalue weighted by molar-refractivity contribution is 5.56. The van der Waals surface area contributed by atoms with Gasteiger partial charge in [0, 0.05) is 23.4 Å². The molecule has 19 heavy (non-hydrogen) atoms. The van der Waals surface area contributed by atoms with Gasteiger partial charge >= 0.3 is 6.18 Å². The molecule has 1 aliphatic carbocycles. The normalized spacial score (nSPS) is 15.5. The molecule has 2 aromatic rings. The Morgan fingerprint density at radius 2 is 1.89 bits per heavy atom. The summed E-state index contributed by atoms with van der Waals surface area (Å²) in [7, 11) is 0. The molecule has 0 radical (unpaired) electrons. The number of aromatic nitrogens is 2. The molecule has 0 amide bonds. The third-order valence-electron chi connectivity index (χ3n) is 3.12. The molecular weight excluding hydrogens is 253 g/mol. The van der Waals surface area contributed by atoms with Crippen molar-refractivity contribution in [1.29, 1.82) is 0 Å². The Balaban J connectivity index is 1.99. The zero-order valence-electron chi connectivity index (χ0n) is 9.98. The lowest BCUT2D eigenvalue weighted by molar-refractivity contribution is -0.137. The monoisotopic (exact) mass is 264 g/mol. The number of halogens is 3. The molecule has 1 aromatic carbocycles. The second-order valence-corrected chi connectivity index (χ2v) is 4.66. The van der Waals surface area contributed by atoms with E-state index in [0.717, 1.165) is 30.7 Å². The molecule has 5 heteroatoms. The van der Waals surface area contributed by atoms with Crippen LogP contribution in [0.5, 0.6) is 0 Å². The van der Waals surface area contributed by atoms with Crippen LogP contribution in [0.15, 0.2) is 36.5 Å². The van der Waals surface area contributed by atoms with E-state index in [2.05, 4.69) is 9.97 Å². The maximum absolute atomic E-state index is 12.7. The van der Waals surface area contributed by atoms with Crippen LogP contribution in [0.25, 0.3) is 11.4 Å². The number of nitrogens with zero attached hydrogens (tertiary/aromatic N) is 2. The van der Waals surface area contributed by atoms with Crippen LogP contribution in [0.3, 0.4) is 0 Å². The van der Waals surface area contributed by atoms with Crippen molar-refractivity contribution in [3.05, 3.63) is 47.8 Å². The van der Waals surface area contributed by atoms with E-state index in [1.807, 2.05) is 6.07 Å². The Bertz CT molecular complexity index is 604. The Hall–Kier alpha value is -1.91. The zero-order valence-corrected chi connectivity index (χ0v) is 9.98. The highest BCUT2D eigenvalue weighted by Crippen LogP contribution is 2.39. The molecule has 1 heterocycles. The Morgan fingerprint density at radius 1 is 1.11 bits per heavy atom. The third-order valence-corrected chi connectivity index (χ3v) is 3.12. The second-order valence-electron chi connectivity index (χ2n) is 4.66. The van der Waals surface area contributed by atoms with Crippen LogP contribution in [0.2, 0.25) is 0 Å². The van der Waals surface area contributed by atoms with E-state index in [-0.39, 0.29) is 0 Å². The SMILES string of the molecule is FC(F)(F)c1cccc(-c2nccc(C3CC3)n2)c1. The van der Waals surface area contributed by atoms with Gasteiger partial charge in [0.15, 0.2) is 5.82 Å². The maximum atomic E-state index is 12.7. The van der Waals surface area contributed by atoms with Crippen LogP contribution in [-0.4, -0.2) is 9.97 Å². The van der Waals surface area contributed by atoms with E-state index in [1.165, 1.54) is 6.07 Å². The highest BCUT2D eigenvalue weighted by atomic mass is 19.4. The topological polar surface area (TPSA) is 25.8 Å². The molecule has 1 saturated carbocycles. The van der Waals surface area contributed by atoms with Crippen molar-refractivity contribution in [3.63, 3.8) is 0 Å². The summed E-state index contributed by atoms with van der Waals surface area (Å²) in [6, 6.07) is 6.95. The Kier molecular flexibility index (Phi) is 2.77. The summed E-state index contributed by atoms with van der Waals surface area (Å²) in [6.45, 7) is 0. The van der Waals surface area contributed by atoms with Crippen LogP contribution in [-0.2, 0) is 6.18 Å². The molecule has 0 bridgehead atoms. The lowest BCUT2D eigenvalue weighted by atomic mass is 10.1. The minimum Gasteiger partial charge on any atom is -0.237 e. The molecule has 0 atom stereocenters. The van der Waals surface area contributed by atoms with Gasteiger partial charge in [0.05, 0.1) is 5.56 Å². The summed E-state index contributed by atoms with van der Waals surface area (Å²) >= 11 is 0. The van der Waals surface area contributed by atoms with E-state index in [1.54, 1.807) is 12.3 Å². The standard InChI is InChI=1S/C14H11F3N2/c15-14(16,17)11-3-1-2-10(8-11)13-18-7-6-12(19-13)9-4-5-9/h1-3,6-9H,4-5H2. The first kappa shape index (κ1) is 12.1. The van der Waals surface area contributed by atoms with Gasteiger partial charge < -0.3 is 0 Å². The fourth-order valence-electron chi connectivity index (χ4n) is 1.95. The molecule has 0 unspecified atom stereocenters. The third kappa shape index (κ3) is 2.59. The number of rotatable bonds is 2. The maximum Gasteiger partial charge on any atom is 0.416 e. The van der Waals surface area contributed by atoms with Crippen molar-refractivity contribution in [3.8, 4) is 11.4 Å². The van der Waals surface area contributed by atoms with Gasteiger partial charge in [-0.15, -0.1) is 0 Å². The van der Waals surface area contributed by atoms with Gasteiger partial charge in [-0.05, 0) is 31.0 Å². The Labute approximate surface area is 108 Å². The molecule has 0 spiro atoms. The van der Waals surface area contributed by atoms with E-state index in [0.29, 0.717) is 17.3 Å². The smallest absolute Gasteiger partial charge is 0.237 e. The summed E-state index contributed by atoms with van der Waals surface area (Å²) in [4.78, 5) is 8.41. The molecule has 1 aliphatic rings. The molecule has 3 rings (SSSR count). The summed E-state index contributed by atoms with van der Waals surface area (Å²) in [5.74, 6) is 0.808. The quantitative estimate of drug-likeness (QED) is 0.818. The number of hydrogen-bond donors (Lipinski definition) is 0. The summed E-state index contributed by atoms with van der Waals surface area (Å²) in [5, 5.41) is 0. The number of hydrogen-bond acceptors (Lipinski definition) is 2. The van der Waals surface area contributed by atoms with Crippen molar-refractivity contribution < 1.29 is 13.2 Å².